The molecule has 3 nitrogen and oxygen atoms in total. The molecule has 4 saturated carbocycles. The lowest BCUT2D eigenvalue weighted by molar-refractivity contribution is -0.00613. The van der Waals surface area contributed by atoms with Gasteiger partial charge >= 0.3 is 5.97 Å². The SMILES string of the molecule is COc1ccc(-c2cc3ccccc3cc2C(=O)O)cc1C12CC3CC(CC(C3)C1)C2. The van der Waals surface area contributed by atoms with Crippen LogP contribution < -0.4 is 4.74 Å². The first-order chi connectivity index (χ1) is 15.0. The van der Waals surface area contributed by atoms with Crippen molar-refractivity contribution in [3.63, 3.8) is 0 Å². The molecular formula is C28H28O3. The van der Waals surface area contributed by atoms with Gasteiger partial charge in [-0.25, -0.2) is 4.79 Å². The van der Waals surface area contributed by atoms with E-state index in [4.69, 9.17) is 4.74 Å². The summed E-state index contributed by atoms with van der Waals surface area (Å²) in [5, 5.41) is 12.0. The van der Waals surface area contributed by atoms with Gasteiger partial charge in [-0.15, -0.1) is 0 Å². The molecule has 4 bridgehead atoms. The first kappa shape index (κ1) is 18.9. The van der Waals surface area contributed by atoms with Gasteiger partial charge < -0.3 is 9.84 Å². The Morgan fingerprint density at radius 1 is 0.903 bits per heavy atom. The van der Waals surface area contributed by atoms with Crippen molar-refractivity contribution < 1.29 is 14.6 Å². The summed E-state index contributed by atoms with van der Waals surface area (Å²) < 4.78 is 5.86. The van der Waals surface area contributed by atoms with Gasteiger partial charge in [0.05, 0.1) is 12.7 Å². The lowest BCUT2D eigenvalue weighted by Gasteiger charge is -2.57. The fourth-order valence-corrected chi connectivity index (χ4v) is 7.39. The van der Waals surface area contributed by atoms with E-state index in [2.05, 4.69) is 12.1 Å². The van der Waals surface area contributed by atoms with Gasteiger partial charge in [0.1, 0.15) is 5.75 Å². The van der Waals surface area contributed by atoms with Crippen LogP contribution in [-0.4, -0.2) is 18.2 Å². The summed E-state index contributed by atoms with van der Waals surface area (Å²) in [6, 6.07) is 18.2. The zero-order chi connectivity index (χ0) is 21.2. The number of hydrogen-bond donors (Lipinski definition) is 1. The highest BCUT2D eigenvalue weighted by molar-refractivity contribution is 6.02. The van der Waals surface area contributed by atoms with Crippen LogP contribution in [0.4, 0.5) is 0 Å². The zero-order valence-electron chi connectivity index (χ0n) is 17.9. The Labute approximate surface area is 183 Å². The van der Waals surface area contributed by atoms with E-state index in [0.717, 1.165) is 45.4 Å². The van der Waals surface area contributed by atoms with E-state index >= 15 is 0 Å². The minimum absolute atomic E-state index is 0.191. The molecule has 3 aromatic carbocycles. The molecule has 7 rings (SSSR count). The van der Waals surface area contributed by atoms with Crippen LogP contribution in [0.25, 0.3) is 21.9 Å². The fourth-order valence-electron chi connectivity index (χ4n) is 7.39. The quantitative estimate of drug-likeness (QED) is 0.520. The van der Waals surface area contributed by atoms with Gasteiger partial charge in [-0.05, 0) is 108 Å². The van der Waals surface area contributed by atoms with Crippen molar-refractivity contribution in [1.82, 2.24) is 0 Å². The molecule has 3 heteroatoms. The molecule has 0 heterocycles. The summed E-state index contributed by atoms with van der Waals surface area (Å²) in [5.74, 6) is 2.61. The number of fused-ring (bicyclic) bond motifs is 1. The van der Waals surface area contributed by atoms with Crippen molar-refractivity contribution in [3.8, 4) is 16.9 Å². The largest absolute Gasteiger partial charge is 0.496 e. The Balaban J connectivity index is 1.53. The summed E-state index contributed by atoms with van der Waals surface area (Å²) in [6.45, 7) is 0. The van der Waals surface area contributed by atoms with Crippen LogP contribution in [0.2, 0.25) is 0 Å². The topological polar surface area (TPSA) is 46.5 Å². The molecule has 158 valence electrons. The summed E-state index contributed by atoms with van der Waals surface area (Å²) in [7, 11) is 1.76. The fraction of sp³-hybridized carbons (Fsp3) is 0.393. The van der Waals surface area contributed by atoms with E-state index in [0.29, 0.717) is 5.56 Å². The van der Waals surface area contributed by atoms with Crippen LogP contribution in [0.3, 0.4) is 0 Å². The highest BCUT2D eigenvalue weighted by atomic mass is 16.5. The normalized spacial score (nSPS) is 28.7. The van der Waals surface area contributed by atoms with Gasteiger partial charge in [0.2, 0.25) is 0 Å². The molecule has 4 aliphatic carbocycles. The van der Waals surface area contributed by atoms with E-state index in [9.17, 15) is 9.90 Å². The van der Waals surface area contributed by atoms with E-state index in [-0.39, 0.29) is 5.41 Å². The number of aromatic carboxylic acids is 1. The number of rotatable bonds is 4. The first-order valence-electron chi connectivity index (χ1n) is 11.5. The Morgan fingerprint density at radius 3 is 2.10 bits per heavy atom. The van der Waals surface area contributed by atoms with Gasteiger partial charge in [0, 0.05) is 5.56 Å². The second kappa shape index (κ2) is 6.85. The Kier molecular flexibility index (Phi) is 4.18. The standard InChI is InChI=1S/C28H28O3/c1-31-26-7-6-22(23-11-20-4-2-3-5-21(20)12-24(23)27(29)30)13-25(26)28-14-17-8-18(15-28)10-19(9-17)16-28/h2-7,11-13,17-19H,8-10,14-16H2,1H3,(H,29,30). The maximum absolute atomic E-state index is 12.1. The third kappa shape index (κ3) is 2.97. The molecule has 0 saturated heterocycles. The highest BCUT2D eigenvalue weighted by Gasteiger charge is 2.52. The van der Waals surface area contributed by atoms with Gasteiger partial charge in [-0.1, -0.05) is 30.3 Å². The predicted molar refractivity (Wildman–Crippen MR) is 123 cm³/mol. The second-order valence-electron chi connectivity index (χ2n) is 10.2. The third-order valence-corrected chi connectivity index (χ3v) is 8.24. The van der Waals surface area contributed by atoms with Crippen molar-refractivity contribution in [2.24, 2.45) is 17.8 Å². The Morgan fingerprint density at radius 2 is 1.52 bits per heavy atom. The maximum atomic E-state index is 12.1. The van der Waals surface area contributed by atoms with Gasteiger partial charge in [-0.3, -0.25) is 0 Å². The maximum Gasteiger partial charge on any atom is 0.336 e. The highest BCUT2D eigenvalue weighted by Crippen LogP contribution is 2.62. The van der Waals surface area contributed by atoms with Crippen molar-refractivity contribution in [3.05, 3.63) is 65.7 Å². The van der Waals surface area contributed by atoms with Crippen LogP contribution in [0, 0.1) is 17.8 Å². The lowest BCUT2D eigenvalue weighted by Crippen LogP contribution is -2.48. The number of carboxylic acids is 1. The van der Waals surface area contributed by atoms with E-state index in [1.54, 1.807) is 7.11 Å². The van der Waals surface area contributed by atoms with Crippen LogP contribution in [0.5, 0.6) is 5.75 Å². The smallest absolute Gasteiger partial charge is 0.336 e. The number of ether oxygens (including phenoxy) is 1. The molecular weight excluding hydrogens is 384 g/mol. The number of carbonyl (C=O) groups is 1. The second-order valence-corrected chi connectivity index (χ2v) is 10.2. The van der Waals surface area contributed by atoms with Gasteiger partial charge in [0.15, 0.2) is 0 Å². The summed E-state index contributed by atoms with van der Waals surface area (Å²) >= 11 is 0. The molecule has 0 radical (unpaired) electrons. The minimum Gasteiger partial charge on any atom is -0.496 e. The minimum atomic E-state index is -0.882. The van der Waals surface area contributed by atoms with Crippen LogP contribution >= 0.6 is 0 Å². The summed E-state index contributed by atoms with van der Waals surface area (Å²) in [5.41, 5.74) is 3.63. The summed E-state index contributed by atoms with van der Waals surface area (Å²) in [4.78, 5) is 12.1. The molecule has 1 N–H and O–H groups in total. The average molecular weight is 413 g/mol. The van der Waals surface area contributed by atoms with Gasteiger partial charge in [0.25, 0.3) is 0 Å². The first-order valence-corrected chi connectivity index (χ1v) is 11.5. The monoisotopic (exact) mass is 412 g/mol. The molecule has 0 aliphatic heterocycles. The molecule has 0 aromatic heterocycles. The number of carboxylic acid groups (broad SMARTS) is 1. The lowest BCUT2D eigenvalue weighted by atomic mass is 9.48. The summed E-state index contributed by atoms with van der Waals surface area (Å²) in [6.07, 6.45) is 7.95. The Hall–Kier alpha value is -2.81. The van der Waals surface area contributed by atoms with E-state index in [1.165, 1.54) is 44.1 Å². The molecule has 3 aromatic rings. The molecule has 0 atom stereocenters. The molecule has 4 fully saturated rings. The number of benzene rings is 3. The van der Waals surface area contributed by atoms with Crippen molar-refractivity contribution >= 4 is 16.7 Å². The molecule has 0 amide bonds. The van der Waals surface area contributed by atoms with Gasteiger partial charge in [-0.2, -0.15) is 0 Å². The third-order valence-electron chi connectivity index (χ3n) is 8.24. The van der Waals surface area contributed by atoms with Crippen LogP contribution in [-0.2, 0) is 5.41 Å². The number of hydrogen-bond acceptors (Lipinski definition) is 2. The van der Waals surface area contributed by atoms with E-state index < -0.39 is 5.97 Å². The average Bonchev–Trinajstić information content (AvgIpc) is 2.77. The molecule has 0 spiro atoms. The van der Waals surface area contributed by atoms with Crippen LogP contribution in [0.15, 0.2) is 54.6 Å². The van der Waals surface area contributed by atoms with Crippen molar-refractivity contribution in [2.45, 2.75) is 43.9 Å². The molecule has 0 unspecified atom stereocenters. The predicted octanol–water partition coefficient (Wildman–Crippen LogP) is 6.68. The molecule has 4 aliphatic rings. The number of methoxy groups -OCH3 is 1. The van der Waals surface area contributed by atoms with Crippen molar-refractivity contribution in [1.29, 1.82) is 0 Å². The van der Waals surface area contributed by atoms with E-state index in [1.807, 2.05) is 42.5 Å². The van der Waals surface area contributed by atoms with Crippen LogP contribution in [0.1, 0.15) is 54.4 Å². The van der Waals surface area contributed by atoms with Crippen molar-refractivity contribution in [2.75, 3.05) is 7.11 Å². The Bertz CT molecular complexity index is 1160. The molecule has 31 heavy (non-hydrogen) atoms. The zero-order valence-corrected chi connectivity index (χ0v) is 17.9.